The quantitative estimate of drug-likeness (QED) is 0.605. The van der Waals surface area contributed by atoms with Gasteiger partial charge in [-0.25, -0.2) is 0 Å². The average Bonchev–Trinajstić information content (AvgIpc) is 2.93. The lowest BCUT2D eigenvalue weighted by molar-refractivity contribution is -0.121. The zero-order valence-electron chi connectivity index (χ0n) is 14.9. The van der Waals surface area contributed by atoms with Crippen LogP contribution in [0, 0.1) is 10.8 Å². The van der Waals surface area contributed by atoms with Crippen LogP contribution in [0.2, 0.25) is 0 Å². The maximum Gasteiger partial charge on any atom is 0.269 e. The summed E-state index contributed by atoms with van der Waals surface area (Å²) in [7, 11) is 0. The molecular weight excluding hydrogens is 334 g/mol. The molecule has 0 atom stereocenters. The fourth-order valence-corrected chi connectivity index (χ4v) is 3.62. The normalized spacial score (nSPS) is 16.4. The molecule has 2 aromatic rings. The third-order valence-electron chi connectivity index (χ3n) is 4.99. The molecule has 1 aliphatic rings. The highest BCUT2D eigenvalue weighted by atomic mass is 32.1. The van der Waals surface area contributed by atoms with E-state index in [0.717, 1.165) is 36.5 Å². The minimum Gasteiger partial charge on any atom is -0.429 e. The second kappa shape index (κ2) is 8.63. The fraction of sp³-hybridized carbons (Fsp3) is 0.579. The van der Waals surface area contributed by atoms with E-state index < -0.39 is 0 Å². The van der Waals surface area contributed by atoms with Crippen LogP contribution in [0.4, 0.5) is 0 Å². The summed E-state index contributed by atoms with van der Waals surface area (Å²) in [5, 5.41) is 3.02. The predicted molar refractivity (Wildman–Crippen MR) is 102 cm³/mol. The first-order valence-electron chi connectivity index (χ1n) is 9.21. The number of aryl methyl sites for hydroxylation is 1. The van der Waals surface area contributed by atoms with E-state index in [9.17, 15) is 4.79 Å². The van der Waals surface area contributed by atoms with Crippen molar-refractivity contribution in [3.63, 3.8) is 0 Å². The Morgan fingerprint density at radius 2 is 2.04 bits per heavy atom. The van der Waals surface area contributed by atoms with Crippen molar-refractivity contribution in [2.24, 2.45) is 5.92 Å². The van der Waals surface area contributed by atoms with Gasteiger partial charge in [0.05, 0.1) is 5.52 Å². The third kappa shape index (κ3) is 4.92. The molecule has 0 saturated carbocycles. The van der Waals surface area contributed by atoms with Crippen molar-refractivity contribution in [3.05, 3.63) is 29.1 Å². The molecule has 1 aliphatic heterocycles. The highest BCUT2D eigenvalue weighted by Crippen LogP contribution is 2.17. The zero-order chi connectivity index (χ0) is 17.6. The molecule has 0 bridgehead atoms. The Morgan fingerprint density at radius 1 is 1.28 bits per heavy atom. The second-order valence-corrected chi connectivity index (χ2v) is 7.31. The summed E-state index contributed by atoms with van der Waals surface area (Å²) in [6, 6.07) is 7.72. The van der Waals surface area contributed by atoms with Gasteiger partial charge >= 0.3 is 0 Å². The summed E-state index contributed by atoms with van der Waals surface area (Å²) >= 11 is 5.25. The van der Waals surface area contributed by atoms with E-state index in [1.807, 2.05) is 28.8 Å². The molecule has 1 aromatic heterocycles. The number of fused-ring (bicyclic) bond motifs is 1. The van der Waals surface area contributed by atoms with Crippen LogP contribution in [0.5, 0.6) is 0 Å². The van der Waals surface area contributed by atoms with Gasteiger partial charge < -0.3 is 14.6 Å². The summed E-state index contributed by atoms with van der Waals surface area (Å²) in [5.41, 5.74) is 1.71. The van der Waals surface area contributed by atoms with Crippen LogP contribution >= 0.6 is 12.2 Å². The molecule has 25 heavy (non-hydrogen) atoms. The minimum absolute atomic E-state index is 0.0689. The molecule has 0 aliphatic carbocycles. The van der Waals surface area contributed by atoms with Gasteiger partial charge in [-0.1, -0.05) is 19.1 Å². The molecule has 1 amide bonds. The molecule has 0 spiro atoms. The summed E-state index contributed by atoms with van der Waals surface area (Å²) in [4.78, 5) is 15.0. The van der Waals surface area contributed by atoms with Gasteiger partial charge in [-0.05, 0) is 69.2 Å². The lowest BCUT2D eigenvalue weighted by Gasteiger charge is -2.30. The van der Waals surface area contributed by atoms with E-state index >= 15 is 0 Å². The van der Waals surface area contributed by atoms with Crippen molar-refractivity contribution in [3.8, 4) is 0 Å². The first-order chi connectivity index (χ1) is 12.1. The van der Waals surface area contributed by atoms with Crippen molar-refractivity contribution < 1.29 is 9.21 Å². The van der Waals surface area contributed by atoms with Gasteiger partial charge in [-0.3, -0.25) is 9.36 Å². The zero-order valence-corrected chi connectivity index (χ0v) is 15.7. The van der Waals surface area contributed by atoms with Gasteiger partial charge in [-0.2, -0.15) is 0 Å². The number of carbonyl (C=O) groups is 1. The van der Waals surface area contributed by atoms with E-state index in [0.29, 0.717) is 17.8 Å². The average molecular weight is 362 g/mol. The number of rotatable bonds is 7. The standard InChI is InChI=1S/C19H27N3O2S/c1-15-7-12-21(13-8-15)11-4-10-20-18(23)9-14-22-16-5-2-3-6-17(16)24-19(22)25/h2-3,5-6,15H,4,7-14H2,1H3,(H,20,23). The van der Waals surface area contributed by atoms with E-state index in [4.69, 9.17) is 16.6 Å². The third-order valence-corrected chi connectivity index (χ3v) is 5.29. The first kappa shape index (κ1) is 18.1. The molecule has 6 heteroatoms. The van der Waals surface area contributed by atoms with Crippen LogP contribution in [0.3, 0.4) is 0 Å². The van der Waals surface area contributed by atoms with E-state index in [1.165, 1.54) is 25.9 Å². The van der Waals surface area contributed by atoms with Gasteiger partial charge in [0, 0.05) is 19.5 Å². The van der Waals surface area contributed by atoms with Crippen LogP contribution in [-0.2, 0) is 11.3 Å². The van der Waals surface area contributed by atoms with Crippen LogP contribution in [-0.4, -0.2) is 41.6 Å². The van der Waals surface area contributed by atoms with Crippen LogP contribution in [0.25, 0.3) is 11.1 Å². The number of benzene rings is 1. The number of amides is 1. The summed E-state index contributed by atoms with van der Waals surface area (Å²) in [6.45, 7) is 7.08. The van der Waals surface area contributed by atoms with Crippen molar-refractivity contribution in [2.75, 3.05) is 26.2 Å². The Bertz CT molecular complexity index is 759. The van der Waals surface area contributed by atoms with Crippen molar-refractivity contribution in [1.29, 1.82) is 0 Å². The van der Waals surface area contributed by atoms with E-state index in [2.05, 4.69) is 17.1 Å². The van der Waals surface area contributed by atoms with Crippen LogP contribution in [0.1, 0.15) is 32.6 Å². The Labute approximate surface area is 154 Å². The number of hydrogen-bond donors (Lipinski definition) is 1. The summed E-state index contributed by atoms with van der Waals surface area (Å²) < 4.78 is 7.43. The van der Waals surface area contributed by atoms with Crippen molar-refractivity contribution in [2.45, 2.75) is 39.2 Å². The van der Waals surface area contributed by atoms with Crippen molar-refractivity contribution >= 4 is 29.2 Å². The maximum absolute atomic E-state index is 12.1. The number of nitrogens with zero attached hydrogens (tertiary/aromatic N) is 2. The molecule has 2 heterocycles. The van der Waals surface area contributed by atoms with Crippen molar-refractivity contribution in [1.82, 2.24) is 14.8 Å². The van der Waals surface area contributed by atoms with Gasteiger partial charge in [0.15, 0.2) is 5.58 Å². The Balaban J connectivity index is 1.38. The fourth-order valence-electron chi connectivity index (χ4n) is 3.34. The Hall–Kier alpha value is -1.66. The number of oxazole rings is 1. The number of piperidine rings is 1. The lowest BCUT2D eigenvalue weighted by Crippen LogP contribution is -2.35. The van der Waals surface area contributed by atoms with Gasteiger partial charge in [0.2, 0.25) is 5.91 Å². The number of para-hydroxylation sites is 2. The van der Waals surface area contributed by atoms with Crippen LogP contribution < -0.4 is 5.32 Å². The molecule has 3 rings (SSSR count). The van der Waals surface area contributed by atoms with Gasteiger partial charge in [0.1, 0.15) is 0 Å². The number of aromatic nitrogens is 1. The minimum atomic E-state index is 0.0689. The number of likely N-dealkylation sites (tertiary alicyclic amines) is 1. The lowest BCUT2D eigenvalue weighted by atomic mass is 9.99. The Kier molecular flexibility index (Phi) is 6.26. The summed E-state index contributed by atoms with van der Waals surface area (Å²) in [5.74, 6) is 0.932. The smallest absolute Gasteiger partial charge is 0.269 e. The highest BCUT2D eigenvalue weighted by molar-refractivity contribution is 7.71. The largest absolute Gasteiger partial charge is 0.429 e. The van der Waals surface area contributed by atoms with E-state index in [-0.39, 0.29) is 5.91 Å². The molecular formula is C19H27N3O2S. The monoisotopic (exact) mass is 361 g/mol. The number of hydrogen-bond acceptors (Lipinski definition) is 4. The predicted octanol–water partition coefficient (Wildman–Crippen LogP) is 3.59. The molecule has 0 radical (unpaired) electrons. The molecule has 1 fully saturated rings. The maximum atomic E-state index is 12.1. The van der Waals surface area contributed by atoms with Gasteiger partial charge in [0.25, 0.3) is 4.84 Å². The van der Waals surface area contributed by atoms with E-state index in [1.54, 1.807) is 0 Å². The first-order valence-corrected chi connectivity index (χ1v) is 9.62. The summed E-state index contributed by atoms with van der Waals surface area (Å²) in [6.07, 6.45) is 4.02. The second-order valence-electron chi connectivity index (χ2n) is 6.97. The molecule has 1 N–H and O–H groups in total. The Morgan fingerprint density at radius 3 is 2.84 bits per heavy atom. The number of nitrogens with one attached hydrogen (secondary N) is 1. The molecule has 1 aromatic carbocycles. The highest BCUT2D eigenvalue weighted by Gasteiger charge is 2.15. The molecule has 1 saturated heterocycles. The molecule has 5 nitrogen and oxygen atoms in total. The topological polar surface area (TPSA) is 50.4 Å². The van der Waals surface area contributed by atoms with Crippen LogP contribution in [0.15, 0.2) is 28.7 Å². The number of carbonyl (C=O) groups excluding carboxylic acids is 1. The van der Waals surface area contributed by atoms with Gasteiger partial charge in [-0.15, -0.1) is 0 Å². The SMILES string of the molecule is CC1CCN(CCCNC(=O)CCn2c(=S)oc3ccccc32)CC1. The molecule has 136 valence electrons. The molecule has 0 unspecified atom stereocenters.